The van der Waals surface area contributed by atoms with E-state index in [1.807, 2.05) is 6.92 Å². The number of rotatable bonds is 4. The molecular weight excluding hydrogens is 248 g/mol. The van der Waals surface area contributed by atoms with Gasteiger partial charge in [0.15, 0.2) is 5.69 Å². The predicted octanol–water partition coefficient (Wildman–Crippen LogP) is -0.212. The van der Waals surface area contributed by atoms with Crippen molar-refractivity contribution in [2.45, 2.75) is 25.0 Å². The zero-order valence-electron chi connectivity index (χ0n) is 11.0. The molecule has 1 aliphatic heterocycles. The summed E-state index contributed by atoms with van der Waals surface area (Å²) in [5.41, 5.74) is -0.634. The highest BCUT2D eigenvalue weighted by molar-refractivity contribution is 5.91. The van der Waals surface area contributed by atoms with Crippen LogP contribution in [-0.4, -0.2) is 53.1 Å². The van der Waals surface area contributed by atoms with Crippen molar-refractivity contribution in [2.24, 2.45) is 0 Å². The quantitative estimate of drug-likeness (QED) is 0.697. The zero-order chi connectivity index (χ0) is 13.9. The normalized spacial score (nSPS) is 26.2. The Balaban J connectivity index is 1.95. The van der Waals surface area contributed by atoms with Gasteiger partial charge in [-0.15, -0.1) is 10.2 Å². The summed E-state index contributed by atoms with van der Waals surface area (Å²) in [5.74, 6) is 0.232. The molecule has 1 aromatic heterocycles. The summed E-state index contributed by atoms with van der Waals surface area (Å²) >= 11 is 0. The van der Waals surface area contributed by atoms with E-state index in [0.717, 1.165) is 0 Å². The van der Waals surface area contributed by atoms with Crippen LogP contribution in [0, 0.1) is 0 Å². The third-order valence-corrected chi connectivity index (χ3v) is 3.36. The number of hydrogen-bond donors (Lipinski definition) is 3. The number of nitrogens with zero attached hydrogens (tertiary/aromatic N) is 2. The molecule has 19 heavy (non-hydrogen) atoms. The summed E-state index contributed by atoms with van der Waals surface area (Å²) in [7, 11) is 1.53. The first-order valence-electron chi connectivity index (χ1n) is 6.19. The summed E-state index contributed by atoms with van der Waals surface area (Å²) < 4.78 is 5.34. The van der Waals surface area contributed by atoms with Crippen molar-refractivity contribution in [1.82, 2.24) is 15.5 Å². The summed E-state index contributed by atoms with van der Waals surface area (Å²) in [5, 5.41) is 23.5. The maximum atomic E-state index is 11.3. The third-order valence-electron chi connectivity index (χ3n) is 3.36. The molecule has 7 nitrogen and oxygen atoms in total. The van der Waals surface area contributed by atoms with Gasteiger partial charge in [-0.1, -0.05) is 0 Å². The fourth-order valence-electron chi connectivity index (χ4n) is 1.92. The Kier molecular flexibility index (Phi) is 3.96. The second-order valence-corrected chi connectivity index (χ2v) is 4.60. The molecule has 2 heterocycles. The Bertz CT molecular complexity index is 451. The number of carbonyl (C=O) groups is 1. The van der Waals surface area contributed by atoms with Crippen molar-refractivity contribution < 1.29 is 14.6 Å². The van der Waals surface area contributed by atoms with Gasteiger partial charge in [0, 0.05) is 26.6 Å². The average Bonchev–Trinajstić information content (AvgIpc) is 2.77. The fraction of sp³-hybridized carbons (Fsp3) is 0.583. The average molecular weight is 266 g/mol. The van der Waals surface area contributed by atoms with Gasteiger partial charge in [-0.25, -0.2) is 0 Å². The third kappa shape index (κ3) is 2.99. The van der Waals surface area contributed by atoms with Crippen molar-refractivity contribution >= 4 is 11.7 Å². The molecule has 2 rings (SSSR count). The number of amides is 1. The van der Waals surface area contributed by atoms with E-state index in [2.05, 4.69) is 20.8 Å². The van der Waals surface area contributed by atoms with Crippen LogP contribution in [0.1, 0.15) is 23.8 Å². The molecule has 0 aliphatic carbocycles. The van der Waals surface area contributed by atoms with Gasteiger partial charge in [0.25, 0.3) is 5.91 Å². The summed E-state index contributed by atoms with van der Waals surface area (Å²) in [6.45, 7) is 2.73. The van der Waals surface area contributed by atoms with Gasteiger partial charge in [0.2, 0.25) is 0 Å². The highest BCUT2D eigenvalue weighted by Crippen LogP contribution is 2.25. The molecule has 0 bridgehead atoms. The van der Waals surface area contributed by atoms with Crippen LogP contribution in [0.5, 0.6) is 0 Å². The number of anilines is 1. The van der Waals surface area contributed by atoms with Gasteiger partial charge in [0.1, 0.15) is 11.4 Å². The molecule has 0 saturated carbocycles. The van der Waals surface area contributed by atoms with Crippen LogP contribution in [0.3, 0.4) is 0 Å². The molecule has 1 amide bonds. The van der Waals surface area contributed by atoms with E-state index < -0.39 is 5.60 Å². The van der Waals surface area contributed by atoms with Gasteiger partial charge in [-0.3, -0.25) is 4.79 Å². The maximum absolute atomic E-state index is 11.3. The van der Waals surface area contributed by atoms with E-state index in [1.165, 1.54) is 7.05 Å². The van der Waals surface area contributed by atoms with Gasteiger partial charge < -0.3 is 20.5 Å². The number of carbonyl (C=O) groups excluding carboxylic acids is 1. The van der Waals surface area contributed by atoms with E-state index in [9.17, 15) is 9.90 Å². The minimum absolute atomic E-state index is 0.210. The second-order valence-electron chi connectivity index (χ2n) is 4.60. The zero-order valence-corrected chi connectivity index (χ0v) is 11.0. The summed E-state index contributed by atoms with van der Waals surface area (Å²) in [4.78, 5) is 11.3. The minimum Gasteiger partial charge on any atom is -0.385 e. The molecule has 3 N–H and O–H groups in total. The van der Waals surface area contributed by atoms with E-state index >= 15 is 0 Å². The highest BCUT2D eigenvalue weighted by Gasteiger charge is 2.39. The van der Waals surface area contributed by atoms with Crippen molar-refractivity contribution in [3.8, 4) is 0 Å². The predicted molar refractivity (Wildman–Crippen MR) is 68.9 cm³/mol. The number of aliphatic hydroxyl groups is 1. The Morgan fingerprint density at radius 3 is 2.89 bits per heavy atom. The lowest BCUT2D eigenvalue weighted by Gasteiger charge is -2.26. The summed E-state index contributed by atoms with van der Waals surface area (Å²) in [6.07, 6.45) is 0.378. The lowest BCUT2D eigenvalue weighted by molar-refractivity contribution is -0.0176. The van der Waals surface area contributed by atoms with Gasteiger partial charge in [0.05, 0.1) is 6.10 Å². The first-order chi connectivity index (χ1) is 9.05. The van der Waals surface area contributed by atoms with Crippen LogP contribution < -0.4 is 10.6 Å². The van der Waals surface area contributed by atoms with E-state index in [4.69, 9.17) is 4.74 Å². The molecule has 2 atom stereocenters. The minimum atomic E-state index is -0.888. The Morgan fingerprint density at radius 1 is 1.58 bits per heavy atom. The topological polar surface area (TPSA) is 96.4 Å². The lowest BCUT2D eigenvalue weighted by atomic mass is 9.97. The Labute approximate surface area is 111 Å². The standard InChI is InChI=1S/C12H18N4O3/c1-8-12(18,5-6-19-8)7-14-10-4-3-9(15-16-10)11(17)13-2/h3-4,8,18H,5-7H2,1-2H3,(H,13,17)(H,14,16). The van der Waals surface area contributed by atoms with Crippen molar-refractivity contribution in [3.05, 3.63) is 17.8 Å². The van der Waals surface area contributed by atoms with Gasteiger partial charge in [-0.2, -0.15) is 0 Å². The van der Waals surface area contributed by atoms with Crippen LogP contribution in [0.25, 0.3) is 0 Å². The molecule has 2 unspecified atom stereocenters. The van der Waals surface area contributed by atoms with Crippen molar-refractivity contribution in [2.75, 3.05) is 25.5 Å². The largest absolute Gasteiger partial charge is 0.385 e. The van der Waals surface area contributed by atoms with Crippen LogP contribution in [-0.2, 0) is 4.74 Å². The van der Waals surface area contributed by atoms with Gasteiger partial charge in [-0.05, 0) is 19.1 Å². The van der Waals surface area contributed by atoms with Crippen LogP contribution in [0.2, 0.25) is 0 Å². The molecule has 1 saturated heterocycles. The number of nitrogens with one attached hydrogen (secondary N) is 2. The smallest absolute Gasteiger partial charge is 0.271 e. The van der Waals surface area contributed by atoms with Crippen molar-refractivity contribution in [1.29, 1.82) is 0 Å². The van der Waals surface area contributed by atoms with Gasteiger partial charge >= 0.3 is 0 Å². The van der Waals surface area contributed by atoms with Crippen LogP contribution >= 0.6 is 0 Å². The van der Waals surface area contributed by atoms with E-state index in [-0.39, 0.29) is 17.7 Å². The molecule has 0 spiro atoms. The maximum Gasteiger partial charge on any atom is 0.271 e. The molecule has 104 valence electrons. The first-order valence-corrected chi connectivity index (χ1v) is 6.19. The molecule has 0 radical (unpaired) electrons. The SMILES string of the molecule is CNC(=O)c1ccc(NCC2(O)CCOC2C)nn1. The van der Waals surface area contributed by atoms with Crippen molar-refractivity contribution in [3.63, 3.8) is 0 Å². The Morgan fingerprint density at radius 2 is 2.37 bits per heavy atom. The Hall–Kier alpha value is -1.73. The molecule has 1 aromatic rings. The number of aromatic nitrogens is 2. The van der Waals surface area contributed by atoms with Crippen LogP contribution in [0.15, 0.2) is 12.1 Å². The first kappa shape index (κ1) is 13.7. The summed E-state index contributed by atoms with van der Waals surface area (Å²) in [6, 6.07) is 3.23. The number of ether oxygens (including phenoxy) is 1. The second kappa shape index (κ2) is 5.50. The molecule has 1 fully saturated rings. The lowest BCUT2D eigenvalue weighted by Crippen LogP contribution is -2.43. The van der Waals surface area contributed by atoms with E-state index in [0.29, 0.717) is 25.4 Å². The molecule has 0 aromatic carbocycles. The molecular formula is C12H18N4O3. The van der Waals surface area contributed by atoms with E-state index in [1.54, 1.807) is 12.1 Å². The van der Waals surface area contributed by atoms with Crippen LogP contribution in [0.4, 0.5) is 5.82 Å². The number of hydrogen-bond acceptors (Lipinski definition) is 6. The molecule has 1 aliphatic rings. The fourth-order valence-corrected chi connectivity index (χ4v) is 1.92. The monoisotopic (exact) mass is 266 g/mol. The molecule has 7 heteroatoms. The highest BCUT2D eigenvalue weighted by atomic mass is 16.5.